The summed E-state index contributed by atoms with van der Waals surface area (Å²) < 4.78 is 5.84. The molecule has 5 nitrogen and oxygen atoms in total. The summed E-state index contributed by atoms with van der Waals surface area (Å²) in [6.07, 6.45) is 4.32. The van der Waals surface area contributed by atoms with Crippen molar-refractivity contribution in [2.24, 2.45) is 0 Å². The predicted molar refractivity (Wildman–Crippen MR) is 96.7 cm³/mol. The first kappa shape index (κ1) is 15.6. The standard InChI is InChI=1S/C18H22N4OS/c1-12-7-8-15(20-12)17-16(14-6-2-3-9-19-14)21-18(24)22(17)11-13-5-4-10-23-13/h2-3,6-9,13,16-17,20H,4-5,10-11H2,1H3,(H,21,24)/t13-,16+,17+/m0/s1. The van der Waals surface area contributed by atoms with Crippen LogP contribution in [0.3, 0.4) is 0 Å². The van der Waals surface area contributed by atoms with E-state index in [1.165, 1.54) is 0 Å². The molecule has 2 N–H and O–H groups in total. The van der Waals surface area contributed by atoms with Crippen molar-refractivity contribution in [2.45, 2.75) is 38.0 Å². The van der Waals surface area contributed by atoms with Gasteiger partial charge in [-0.15, -0.1) is 0 Å². The summed E-state index contributed by atoms with van der Waals surface area (Å²) >= 11 is 5.65. The van der Waals surface area contributed by atoms with Crippen LogP contribution in [-0.4, -0.2) is 39.2 Å². The highest BCUT2D eigenvalue weighted by molar-refractivity contribution is 7.80. The van der Waals surface area contributed by atoms with Crippen molar-refractivity contribution >= 4 is 17.3 Å². The normalized spacial score (nSPS) is 26.8. The maximum atomic E-state index is 5.84. The summed E-state index contributed by atoms with van der Waals surface area (Å²) in [6.45, 7) is 3.75. The van der Waals surface area contributed by atoms with Crippen molar-refractivity contribution in [2.75, 3.05) is 13.2 Å². The number of rotatable bonds is 4. The van der Waals surface area contributed by atoms with Crippen molar-refractivity contribution in [1.82, 2.24) is 20.2 Å². The number of hydrogen-bond acceptors (Lipinski definition) is 3. The summed E-state index contributed by atoms with van der Waals surface area (Å²) in [6, 6.07) is 10.4. The lowest BCUT2D eigenvalue weighted by atomic mass is 10.0. The van der Waals surface area contributed by atoms with Crippen LogP contribution in [0.15, 0.2) is 36.5 Å². The molecule has 0 spiro atoms. The van der Waals surface area contributed by atoms with E-state index >= 15 is 0 Å². The van der Waals surface area contributed by atoms with Gasteiger partial charge in [0.1, 0.15) is 0 Å². The molecule has 2 aromatic rings. The van der Waals surface area contributed by atoms with Gasteiger partial charge in [-0.3, -0.25) is 4.98 Å². The Hall–Kier alpha value is -1.92. The van der Waals surface area contributed by atoms with Gasteiger partial charge in [0, 0.05) is 30.7 Å². The zero-order valence-electron chi connectivity index (χ0n) is 13.7. The third-order valence-electron chi connectivity index (χ3n) is 4.80. The van der Waals surface area contributed by atoms with Crippen LogP contribution in [0.25, 0.3) is 0 Å². The topological polar surface area (TPSA) is 53.2 Å². The maximum Gasteiger partial charge on any atom is 0.170 e. The molecule has 0 aliphatic carbocycles. The van der Waals surface area contributed by atoms with Crippen molar-refractivity contribution in [3.8, 4) is 0 Å². The van der Waals surface area contributed by atoms with Gasteiger partial charge in [-0.05, 0) is 56.2 Å². The zero-order valence-corrected chi connectivity index (χ0v) is 14.6. The van der Waals surface area contributed by atoms with Crippen LogP contribution in [-0.2, 0) is 4.74 Å². The second-order valence-electron chi connectivity index (χ2n) is 6.51. The van der Waals surface area contributed by atoms with E-state index in [1.54, 1.807) is 0 Å². The molecule has 2 fully saturated rings. The van der Waals surface area contributed by atoms with E-state index in [1.807, 2.05) is 18.3 Å². The Kier molecular flexibility index (Phi) is 4.24. The van der Waals surface area contributed by atoms with Gasteiger partial charge in [-0.1, -0.05) is 6.07 Å². The van der Waals surface area contributed by atoms with Crippen LogP contribution < -0.4 is 5.32 Å². The fraction of sp³-hybridized carbons (Fsp3) is 0.444. The summed E-state index contributed by atoms with van der Waals surface area (Å²) in [7, 11) is 0. The summed E-state index contributed by atoms with van der Waals surface area (Å²) in [4.78, 5) is 10.3. The first-order chi connectivity index (χ1) is 11.7. The van der Waals surface area contributed by atoms with Gasteiger partial charge < -0.3 is 19.9 Å². The molecule has 2 aliphatic heterocycles. The SMILES string of the molecule is Cc1ccc([C@@H]2[C@@H](c3ccccn3)NC(=S)N2C[C@@H]2CCCO2)[nH]1. The number of hydrogen-bond donors (Lipinski definition) is 2. The van der Waals surface area contributed by atoms with E-state index in [-0.39, 0.29) is 18.2 Å². The van der Waals surface area contributed by atoms with Gasteiger partial charge >= 0.3 is 0 Å². The first-order valence-electron chi connectivity index (χ1n) is 8.47. The molecule has 0 amide bonds. The Balaban J connectivity index is 1.67. The minimum absolute atomic E-state index is 0.0400. The van der Waals surface area contributed by atoms with Gasteiger partial charge in [-0.25, -0.2) is 0 Å². The number of thiocarbonyl (C=S) groups is 1. The van der Waals surface area contributed by atoms with Crippen molar-refractivity contribution < 1.29 is 4.74 Å². The largest absolute Gasteiger partial charge is 0.376 e. The zero-order chi connectivity index (χ0) is 16.5. The van der Waals surface area contributed by atoms with Crippen LogP contribution in [0.4, 0.5) is 0 Å². The van der Waals surface area contributed by atoms with Crippen LogP contribution >= 0.6 is 12.2 Å². The Morgan fingerprint density at radius 2 is 2.25 bits per heavy atom. The number of ether oxygens (including phenoxy) is 1. The highest BCUT2D eigenvalue weighted by Gasteiger charge is 2.41. The summed E-state index contributed by atoms with van der Waals surface area (Å²) in [5.41, 5.74) is 3.32. The first-order valence-corrected chi connectivity index (χ1v) is 8.88. The number of nitrogens with one attached hydrogen (secondary N) is 2. The van der Waals surface area contributed by atoms with Crippen LogP contribution in [0, 0.1) is 6.92 Å². The number of pyridine rings is 1. The summed E-state index contributed by atoms with van der Waals surface area (Å²) in [5, 5.41) is 4.25. The molecule has 2 aromatic heterocycles. The molecule has 0 unspecified atom stereocenters. The average Bonchev–Trinajstić information content (AvgIpc) is 3.31. The van der Waals surface area contributed by atoms with Gasteiger partial charge in [0.25, 0.3) is 0 Å². The summed E-state index contributed by atoms with van der Waals surface area (Å²) in [5.74, 6) is 0. The molecule has 0 bridgehead atoms. The fourth-order valence-electron chi connectivity index (χ4n) is 3.65. The molecule has 4 heterocycles. The Morgan fingerprint density at radius 1 is 1.33 bits per heavy atom. The number of nitrogens with zero attached hydrogens (tertiary/aromatic N) is 2. The number of aromatic amines is 1. The fourth-order valence-corrected chi connectivity index (χ4v) is 3.96. The van der Waals surface area contributed by atoms with Crippen LogP contribution in [0.5, 0.6) is 0 Å². The van der Waals surface area contributed by atoms with E-state index in [0.717, 1.165) is 48.2 Å². The number of aryl methyl sites for hydroxylation is 1. The van der Waals surface area contributed by atoms with E-state index in [9.17, 15) is 0 Å². The lowest BCUT2D eigenvalue weighted by Crippen LogP contribution is -2.36. The predicted octanol–water partition coefficient (Wildman–Crippen LogP) is 2.87. The number of H-pyrrole nitrogens is 1. The second-order valence-corrected chi connectivity index (χ2v) is 6.90. The Bertz CT molecular complexity index is 711. The molecular weight excluding hydrogens is 320 g/mol. The third kappa shape index (κ3) is 2.91. The lowest BCUT2D eigenvalue weighted by Gasteiger charge is -2.29. The molecule has 4 rings (SSSR count). The smallest absolute Gasteiger partial charge is 0.170 e. The molecule has 24 heavy (non-hydrogen) atoms. The van der Waals surface area contributed by atoms with Crippen molar-refractivity contribution in [1.29, 1.82) is 0 Å². The molecule has 2 saturated heterocycles. The lowest BCUT2D eigenvalue weighted by molar-refractivity contribution is 0.0838. The van der Waals surface area contributed by atoms with Crippen LogP contribution in [0.2, 0.25) is 0 Å². The molecule has 6 heteroatoms. The van der Waals surface area contributed by atoms with Gasteiger partial charge in [-0.2, -0.15) is 0 Å². The molecule has 126 valence electrons. The quantitative estimate of drug-likeness (QED) is 0.837. The Labute approximate surface area is 147 Å². The van der Waals surface area contributed by atoms with E-state index in [4.69, 9.17) is 17.0 Å². The van der Waals surface area contributed by atoms with Crippen LogP contribution in [0.1, 0.15) is 42.0 Å². The van der Waals surface area contributed by atoms with Crippen molar-refractivity contribution in [3.05, 3.63) is 53.6 Å². The minimum Gasteiger partial charge on any atom is -0.376 e. The van der Waals surface area contributed by atoms with Crippen molar-refractivity contribution in [3.63, 3.8) is 0 Å². The molecule has 0 aromatic carbocycles. The molecule has 2 aliphatic rings. The second kappa shape index (κ2) is 6.53. The van der Waals surface area contributed by atoms with Gasteiger partial charge in [0.05, 0.1) is 23.9 Å². The highest BCUT2D eigenvalue weighted by atomic mass is 32.1. The molecular formula is C18H22N4OS. The minimum atomic E-state index is 0.0400. The highest BCUT2D eigenvalue weighted by Crippen LogP contribution is 2.38. The van der Waals surface area contributed by atoms with Gasteiger partial charge in [0.2, 0.25) is 0 Å². The number of aromatic nitrogens is 2. The van der Waals surface area contributed by atoms with Gasteiger partial charge in [0.15, 0.2) is 5.11 Å². The van der Waals surface area contributed by atoms with E-state index < -0.39 is 0 Å². The molecule has 0 radical (unpaired) electrons. The Morgan fingerprint density at radius 3 is 2.92 bits per heavy atom. The molecule has 0 saturated carbocycles. The molecule has 3 atom stereocenters. The van der Waals surface area contributed by atoms with E-state index in [2.05, 4.69) is 45.3 Å². The average molecular weight is 342 g/mol. The monoisotopic (exact) mass is 342 g/mol. The van der Waals surface area contributed by atoms with E-state index in [0.29, 0.717) is 0 Å². The third-order valence-corrected chi connectivity index (χ3v) is 5.15. The maximum absolute atomic E-state index is 5.84.